The summed E-state index contributed by atoms with van der Waals surface area (Å²) in [6.45, 7) is 20.1. The molecule has 0 amide bonds. The van der Waals surface area contributed by atoms with Gasteiger partial charge in [0, 0.05) is 38.3 Å². The molecular formula is C27H37N3OSi. The molecule has 170 valence electrons. The zero-order valence-corrected chi connectivity index (χ0v) is 21.4. The molecule has 1 fully saturated rings. The number of nitriles is 1. The summed E-state index contributed by atoms with van der Waals surface area (Å²) in [5, 5.41) is 9.29. The summed E-state index contributed by atoms with van der Waals surface area (Å²) in [4.78, 5) is 5.01. The third-order valence-corrected chi connectivity index (χ3v) is 6.72. The first-order valence-corrected chi connectivity index (χ1v) is 14.4. The lowest BCUT2D eigenvalue weighted by molar-refractivity contribution is 0.117. The summed E-state index contributed by atoms with van der Waals surface area (Å²) in [7, 11) is -1.32. The molecule has 0 spiro atoms. The maximum atomic E-state index is 9.29. The highest BCUT2D eigenvalue weighted by molar-refractivity contribution is 6.49. The SMILES string of the molecule is C=CCN1CCN(C(c2ccc(C#N)cc2)c2cccc(C(C)(C)C)c2O[SiH](C)C)CC1. The lowest BCUT2D eigenvalue weighted by Gasteiger charge is -2.40. The number of nitrogens with zero attached hydrogens (tertiary/aromatic N) is 3. The van der Waals surface area contributed by atoms with Gasteiger partial charge in [0.05, 0.1) is 17.7 Å². The van der Waals surface area contributed by atoms with Crippen LogP contribution in [-0.4, -0.2) is 51.6 Å². The van der Waals surface area contributed by atoms with E-state index >= 15 is 0 Å². The smallest absolute Gasteiger partial charge is 0.229 e. The molecule has 0 saturated carbocycles. The van der Waals surface area contributed by atoms with Gasteiger partial charge in [-0.3, -0.25) is 9.80 Å². The zero-order valence-electron chi connectivity index (χ0n) is 20.3. The van der Waals surface area contributed by atoms with E-state index in [2.05, 4.69) is 86.6 Å². The van der Waals surface area contributed by atoms with E-state index in [0.717, 1.165) is 38.5 Å². The van der Waals surface area contributed by atoms with Crippen LogP contribution in [0.2, 0.25) is 13.1 Å². The van der Waals surface area contributed by atoms with Crippen molar-refractivity contribution in [1.29, 1.82) is 5.26 Å². The molecule has 0 radical (unpaired) electrons. The highest BCUT2D eigenvalue weighted by atomic mass is 28.3. The predicted octanol–water partition coefficient (Wildman–Crippen LogP) is 5.11. The Bertz CT molecular complexity index is 948. The summed E-state index contributed by atoms with van der Waals surface area (Å²) in [5.41, 5.74) is 4.40. The van der Waals surface area contributed by atoms with Crippen molar-refractivity contribution >= 4 is 9.04 Å². The van der Waals surface area contributed by atoms with Gasteiger partial charge in [0.1, 0.15) is 5.75 Å². The summed E-state index contributed by atoms with van der Waals surface area (Å²) >= 11 is 0. The topological polar surface area (TPSA) is 39.5 Å². The van der Waals surface area contributed by atoms with Crippen molar-refractivity contribution in [2.75, 3.05) is 32.7 Å². The molecule has 1 unspecified atom stereocenters. The molecular weight excluding hydrogens is 410 g/mol. The molecule has 4 nitrogen and oxygen atoms in total. The maximum absolute atomic E-state index is 9.29. The Morgan fingerprint density at radius 3 is 2.28 bits per heavy atom. The average Bonchev–Trinajstić information content (AvgIpc) is 2.75. The summed E-state index contributed by atoms with van der Waals surface area (Å²) in [6.07, 6.45) is 1.99. The Hall–Kier alpha value is -2.39. The van der Waals surface area contributed by atoms with E-state index in [1.165, 1.54) is 16.7 Å². The van der Waals surface area contributed by atoms with Crippen molar-refractivity contribution < 1.29 is 4.43 Å². The van der Waals surface area contributed by atoms with E-state index in [0.29, 0.717) is 5.56 Å². The molecule has 2 aromatic carbocycles. The van der Waals surface area contributed by atoms with Crippen LogP contribution in [0.15, 0.2) is 55.1 Å². The van der Waals surface area contributed by atoms with Gasteiger partial charge in [-0.05, 0) is 41.8 Å². The highest BCUT2D eigenvalue weighted by Gasteiger charge is 2.31. The van der Waals surface area contributed by atoms with Crippen molar-refractivity contribution in [3.63, 3.8) is 0 Å². The van der Waals surface area contributed by atoms with Crippen LogP contribution in [0, 0.1) is 11.3 Å². The van der Waals surface area contributed by atoms with Crippen LogP contribution in [0.1, 0.15) is 49.1 Å². The lowest BCUT2D eigenvalue weighted by atomic mass is 9.83. The molecule has 1 saturated heterocycles. The second-order valence-electron chi connectivity index (χ2n) is 9.90. The van der Waals surface area contributed by atoms with Gasteiger partial charge in [-0.25, -0.2) is 0 Å². The van der Waals surface area contributed by atoms with Gasteiger partial charge in [-0.1, -0.05) is 57.2 Å². The monoisotopic (exact) mass is 447 g/mol. The van der Waals surface area contributed by atoms with Crippen LogP contribution < -0.4 is 4.43 Å². The van der Waals surface area contributed by atoms with E-state index in [9.17, 15) is 5.26 Å². The minimum absolute atomic E-state index is 0.00743. The van der Waals surface area contributed by atoms with Crippen LogP contribution in [0.3, 0.4) is 0 Å². The highest BCUT2D eigenvalue weighted by Crippen LogP contribution is 2.41. The van der Waals surface area contributed by atoms with Crippen LogP contribution in [-0.2, 0) is 5.41 Å². The molecule has 0 N–H and O–H groups in total. The van der Waals surface area contributed by atoms with Gasteiger partial charge in [0.25, 0.3) is 0 Å². The molecule has 1 aliphatic heterocycles. The number of hydrogen-bond acceptors (Lipinski definition) is 4. The van der Waals surface area contributed by atoms with Crippen molar-refractivity contribution in [2.45, 2.75) is 45.3 Å². The average molecular weight is 448 g/mol. The van der Waals surface area contributed by atoms with Gasteiger partial charge in [-0.15, -0.1) is 6.58 Å². The number of piperazine rings is 1. The van der Waals surface area contributed by atoms with Gasteiger partial charge < -0.3 is 4.43 Å². The molecule has 1 atom stereocenters. The Morgan fingerprint density at radius 1 is 1.09 bits per heavy atom. The fraction of sp³-hybridized carbons (Fsp3) is 0.444. The van der Waals surface area contributed by atoms with Crippen molar-refractivity contribution in [2.24, 2.45) is 0 Å². The number of benzene rings is 2. The normalized spacial score (nSPS) is 16.5. The Labute approximate surface area is 195 Å². The van der Waals surface area contributed by atoms with Gasteiger partial charge in [-0.2, -0.15) is 5.26 Å². The van der Waals surface area contributed by atoms with Crippen molar-refractivity contribution in [3.8, 4) is 11.8 Å². The first-order chi connectivity index (χ1) is 15.2. The number of para-hydroxylation sites is 1. The standard InChI is InChI=1S/C27H37N3OSi/c1-7-15-29-16-18-30(19-17-29)25(22-13-11-21(20-28)12-14-22)23-9-8-10-24(27(2,3)4)26(23)31-32(5)6/h7-14,25,32H,1,15-19H2,2-6H3. The first-order valence-electron chi connectivity index (χ1n) is 11.6. The largest absolute Gasteiger partial charge is 0.547 e. The molecule has 5 heteroatoms. The van der Waals surface area contributed by atoms with E-state index in [1.54, 1.807) is 0 Å². The summed E-state index contributed by atoms with van der Waals surface area (Å²) < 4.78 is 6.64. The molecule has 1 aliphatic rings. The second kappa shape index (κ2) is 10.5. The number of hydrogen-bond donors (Lipinski definition) is 0. The van der Waals surface area contributed by atoms with Crippen molar-refractivity contribution in [1.82, 2.24) is 9.80 Å². The van der Waals surface area contributed by atoms with E-state index in [1.807, 2.05) is 18.2 Å². The molecule has 1 heterocycles. The van der Waals surface area contributed by atoms with E-state index < -0.39 is 9.04 Å². The quantitative estimate of drug-likeness (QED) is 0.437. The Kier molecular flexibility index (Phi) is 7.94. The molecule has 2 aromatic rings. The predicted molar refractivity (Wildman–Crippen MR) is 136 cm³/mol. The molecule has 0 aromatic heterocycles. The molecule has 3 rings (SSSR count). The van der Waals surface area contributed by atoms with E-state index in [-0.39, 0.29) is 11.5 Å². The van der Waals surface area contributed by atoms with Gasteiger partial charge in [0.2, 0.25) is 9.04 Å². The first kappa shape index (κ1) is 24.3. The van der Waals surface area contributed by atoms with Gasteiger partial charge in [0.15, 0.2) is 0 Å². The Balaban J connectivity index is 2.11. The zero-order chi connectivity index (χ0) is 23.3. The summed E-state index contributed by atoms with van der Waals surface area (Å²) in [5.74, 6) is 1.06. The lowest BCUT2D eigenvalue weighted by Crippen LogP contribution is -2.47. The summed E-state index contributed by atoms with van der Waals surface area (Å²) in [6, 6.07) is 17.1. The molecule has 32 heavy (non-hydrogen) atoms. The fourth-order valence-corrected chi connectivity index (χ4v) is 5.18. The van der Waals surface area contributed by atoms with Crippen LogP contribution in [0.4, 0.5) is 0 Å². The van der Waals surface area contributed by atoms with Crippen LogP contribution in [0.25, 0.3) is 0 Å². The van der Waals surface area contributed by atoms with E-state index in [4.69, 9.17) is 4.43 Å². The Morgan fingerprint density at radius 2 is 1.75 bits per heavy atom. The van der Waals surface area contributed by atoms with Crippen molar-refractivity contribution in [3.05, 3.63) is 77.4 Å². The maximum Gasteiger partial charge on any atom is 0.229 e. The van der Waals surface area contributed by atoms with Crippen LogP contribution in [0.5, 0.6) is 5.75 Å². The van der Waals surface area contributed by atoms with Crippen LogP contribution >= 0.6 is 0 Å². The minimum atomic E-state index is -1.32. The van der Waals surface area contributed by atoms with Gasteiger partial charge >= 0.3 is 0 Å². The second-order valence-corrected chi connectivity index (χ2v) is 12.2. The third kappa shape index (κ3) is 5.69. The number of rotatable bonds is 7. The molecule has 0 aliphatic carbocycles. The fourth-order valence-electron chi connectivity index (χ4n) is 4.44. The molecule has 0 bridgehead atoms. The minimum Gasteiger partial charge on any atom is -0.547 e. The third-order valence-electron chi connectivity index (χ3n) is 6.02.